The van der Waals surface area contributed by atoms with Crippen LogP contribution in [0.25, 0.3) is 0 Å². The molecule has 1 aromatic heterocycles. The van der Waals surface area contributed by atoms with Gasteiger partial charge in [-0.25, -0.2) is 0 Å². The van der Waals surface area contributed by atoms with Gasteiger partial charge in [0.1, 0.15) is 6.04 Å². The number of amides is 2. The minimum Gasteiger partial charge on any atom is -0.344 e. The highest BCUT2D eigenvalue weighted by Gasteiger charge is 2.27. The van der Waals surface area contributed by atoms with Crippen LogP contribution >= 0.6 is 0 Å². The molecule has 1 aromatic carbocycles. The van der Waals surface area contributed by atoms with Crippen molar-refractivity contribution in [3.63, 3.8) is 0 Å². The minimum absolute atomic E-state index is 0.0638. The first-order chi connectivity index (χ1) is 11.6. The topological polar surface area (TPSA) is 71.1 Å². The quantitative estimate of drug-likeness (QED) is 0.907. The third-order valence-electron chi connectivity index (χ3n) is 4.23. The predicted molar refractivity (Wildman–Crippen MR) is 91.2 cm³/mol. The molecular weight excluding hydrogens is 302 g/mol. The molecule has 2 heterocycles. The zero-order valence-electron chi connectivity index (χ0n) is 13.7. The molecule has 0 unspecified atom stereocenters. The molecule has 1 saturated heterocycles. The zero-order valence-corrected chi connectivity index (χ0v) is 13.7. The minimum atomic E-state index is -0.470. The summed E-state index contributed by atoms with van der Waals surface area (Å²) >= 11 is 0. The number of benzene rings is 1. The van der Waals surface area contributed by atoms with Gasteiger partial charge >= 0.3 is 0 Å². The summed E-state index contributed by atoms with van der Waals surface area (Å²) in [5.41, 5.74) is 2.90. The van der Waals surface area contributed by atoms with Crippen LogP contribution in [0.2, 0.25) is 0 Å². The van der Waals surface area contributed by atoms with Gasteiger partial charge in [0.25, 0.3) is 0 Å². The second kappa shape index (κ2) is 7.25. The van der Waals surface area contributed by atoms with Gasteiger partial charge in [-0.3, -0.25) is 14.6 Å². The van der Waals surface area contributed by atoms with Crippen LogP contribution in [-0.2, 0) is 9.59 Å². The Morgan fingerprint density at radius 2 is 2.04 bits per heavy atom. The van der Waals surface area contributed by atoms with Crippen molar-refractivity contribution in [2.75, 3.05) is 0 Å². The van der Waals surface area contributed by atoms with Gasteiger partial charge in [-0.1, -0.05) is 35.9 Å². The summed E-state index contributed by atoms with van der Waals surface area (Å²) in [4.78, 5) is 28.5. The average molecular weight is 323 g/mol. The van der Waals surface area contributed by atoms with Crippen LogP contribution in [-0.4, -0.2) is 22.8 Å². The second-order valence-corrected chi connectivity index (χ2v) is 6.12. The van der Waals surface area contributed by atoms with Gasteiger partial charge in [-0.15, -0.1) is 0 Å². The molecule has 1 aliphatic rings. The first-order valence-corrected chi connectivity index (χ1v) is 8.21. The predicted octanol–water partition coefficient (Wildman–Crippen LogP) is 2.26. The smallest absolute Gasteiger partial charge is 0.243 e. The molecule has 2 atom stereocenters. The van der Waals surface area contributed by atoms with Crippen molar-refractivity contribution in [2.45, 2.75) is 38.3 Å². The van der Waals surface area contributed by atoms with Crippen molar-refractivity contribution in [2.24, 2.45) is 0 Å². The Hall–Kier alpha value is -2.69. The van der Waals surface area contributed by atoms with Crippen molar-refractivity contribution in [3.8, 4) is 0 Å². The molecule has 0 aliphatic carbocycles. The number of hydrogen-bond acceptors (Lipinski definition) is 3. The van der Waals surface area contributed by atoms with Gasteiger partial charge in [-0.05, 0) is 37.5 Å². The maximum absolute atomic E-state index is 12.6. The van der Waals surface area contributed by atoms with Crippen molar-refractivity contribution < 1.29 is 9.59 Å². The number of nitrogens with one attached hydrogen (secondary N) is 2. The van der Waals surface area contributed by atoms with Crippen LogP contribution in [0.1, 0.15) is 42.1 Å². The number of carbonyl (C=O) groups is 2. The molecule has 1 fully saturated rings. The van der Waals surface area contributed by atoms with Crippen LogP contribution in [0.3, 0.4) is 0 Å². The highest BCUT2D eigenvalue weighted by molar-refractivity contribution is 5.89. The summed E-state index contributed by atoms with van der Waals surface area (Å²) in [6.07, 6.45) is 3.61. The number of aromatic nitrogens is 1. The lowest BCUT2D eigenvalue weighted by molar-refractivity contribution is -0.131. The Morgan fingerprint density at radius 1 is 1.25 bits per heavy atom. The largest absolute Gasteiger partial charge is 0.344 e. The molecule has 5 nitrogen and oxygen atoms in total. The normalized spacial score (nSPS) is 18.5. The van der Waals surface area contributed by atoms with Crippen LogP contribution in [0.4, 0.5) is 0 Å². The van der Waals surface area contributed by atoms with Gasteiger partial charge in [0.15, 0.2) is 0 Å². The van der Waals surface area contributed by atoms with Gasteiger partial charge in [0, 0.05) is 12.6 Å². The van der Waals surface area contributed by atoms with Crippen LogP contribution in [0, 0.1) is 6.92 Å². The summed E-state index contributed by atoms with van der Waals surface area (Å²) in [6.45, 7) is 2.02. The van der Waals surface area contributed by atoms with Gasteiger partial charge in [-0.2, -0.15) is 0 Å². The van der Waals surface area contributed by atoms with Gasteiger partial charge in [0.05, 0.1) is 11.7 Å². The Labute approximate surface area is 141 Å². The number of hydrogen-bond donors (Lipinski definition) is 2. The van der Waals surface area contributed by atoms with Crippen LogP contribution in [0.5, 0.6) is 0 Å². The molecule has 2 amide bonds. The van der Waals surface area contributed by atoms with E-state index in [1.807, 2.05) is 49.4 Å². The molecule has 2 N–H and O–H groups in total. The van der Waals surface area contributed by atoms with E-state index >= 15 is 0 Å². The van der Waals surface area contributed by atoms with Gasteiger partial charge < -0.3 is 10.6 Å². The van der Waals surface area contributed by atoms with E-state index in [2.05, 4.69) is 15.6 Å². The van der Waals surface area contributed by atoms with E-state index < -0.39 is 6.04 Å². The Morgan fingerprint density at radius 3 is 2.71 bits per heavy atom. The third kappa shape index (κ3) is 3.79. The van der Waals surface area contributed by atoms with E-state index in [0.717, 1.165) is 23.2 Å². The highest BCUT2D eigenvalue weighted by Crippen LogP contribution is 2.21. The zero-order chi connectivity index (χ0) is 16.9. The van der Waals surface area contributed by atoms with E-state index in [1.54, 1.807) is 6.20 Å². The number of nitrogens with zero attached hydrogens (tertiary/aromatic N) is 1. The first kappa shape index (κ1) is 16.2. The molecule has 0 saturated carbocycles. The molecule has 1 aliphatic heterocycles. The van der Waals surface area contributed by atoms with Crippen molar-refractivity contribution in [1.82, 2.24) is 15.6 Å². The molecule has 2 aromatic rings. The van der Waals surface area contributed by atoms with E-state index in [4.69, 9.17) is 0 Å². The molecule has 0 radical (unpaired) electrons. The average Bonchev–Trinajstić information content (AvgIpc) is 2.61. The Kier molecular flexibility index (Phi) is 4.89. The molecule has 0 spiro atoms. The van der Waals surface area contributed by atoms with Crippen molar-refractivity contribution in [1.29, 1.82) is 0 Å². The first-order valence-electron chi connectivity index (χ1n) is 8.21. The van der Waals surface area contributed by atoms with E-state index in [9.17, 15) is 9.59 Å². The molecule has 5 heteroatoms. The summed E-state index contributed by atoms with van der Waals surface area (Å²) in [6, 6.07) is 12.9. The number of pyridine rings is 1. The number of piperidine rings is 1. The molecular formula is C19H21N3O2. The summed E-state index contributed by atoms with van der Waals surface area (Å²) in [7, 11) is 0. The lowest BCUT2D eigenvalue weighted by Gasteiger charge is -2.26. The molecule has 3 rings (SSSR count). The summed E-state index contributed by atoms with van der Waals surface area (Å²) in [5.74, 6) is -0.231. The van der Waals surface area contributed by atoms with Gasteiger partial charge in [0.2, 0.25) is 11.8 Å². The molecule has 124 valence electrons. The van der Waals surface area contributed by atoms with Crippen molar-refractivity contribution >= 4 is 11.8 Å². The number of carbonyl (C=O) groups excluding carboxylic acids is 2. The van der Waals surface area contributed by atoms with E-state index in [0.29, 0.717) is 12.8 Å². The fraction of sp³-hybridized carbons (Fsp3) is 0.316. The lowest BCUT2D eigenvalue weighted by Crippen LogP contribution is -2.50. The fourth-order valence-electron chi connectivity index (χ4n) is 2.88. The Balaban J connectivity index is 1.83. The molecule has 24 heavy (non-hydrogen) atoms. The van der Waals surface area contributed by atoms with E-state index in [-0.39, 0.29) is 17.9 Å². The monoisotopic (exact) mass is 323 g/mol. The van der Waals surface area contributed by atoms with Crippen LogP contribution < -0.4 is 10.6 Å². The summed E-state index contributed by atoms with van der Waals surface area (Å²) in [5, 5.41) is 5.81. The number of aryl methyl sites for hydroxylation is 1. The number of rotatable bonds is 4. The maximum atomic E-state index is 12.6. The SMILES string of the molecule is Cc1ccc([C@@H](NC(=O)[C@@H]2CCCC(=O)N2)c2ccccn2)cc1. The van der Waals surface area contributed by atoms with E-state index in [1.165, 1.54) is 0 Å². The van der Waals surface area contributed by atoms with Crippen molar-refractivity contribution in [3.05, 3.63) is 65.5 Å². The second-order valence-electron chi connectivity index (χ2n) is 6.12. The fourth-order valence-corrected chi connectivity index (χ4v) is 2.88. The standard InChI is InChI=1S/C19H21N3O2/c1-13-8-10-14(11-9-13)18(15-5-2-3-12-20-15)22-19(24)16-6-4-7-17(23)21-16/h2-3,5,8-12,16,18H,4,6-7H2,1H3,(H,21,23)(H,22,24)/t16-,18+/m0/s1. The van der Waals surface area contributed by atoms with Crippen LogP contribution in [0.15, 0.2) is 48.7 Å². The maximum Gasteiger partial charge on any atom is 0.243 e. The molecule has 0 bridgehead atoms. The lowest BCUT2D eigenvalue weighted by atomic mass is 9.99. The Bertz CT molecular complexity index is 713. The third-order valence-corrected chi connectivity index (χ3v) is 4.23. The summed E-state index contributed by atoms with van der Waals surface area (Å²) < 4.78 is 0. The highest BCUT2D eigenvalue weighted by atomic mass is 16.2.